The molecule has 3 heterocycles. The number of hydrogen-bond acceptors (Lipinski definition) is 3. The summed E-state index contributed by atoms with van der Waals surface area (Å²) in [4.78, 5) is 18.4. The van der Waals surface area contributed by atoms with E-state index >= 15 is 0 Å². The van der Waals surface area contributed by atoms with Gasteiger partial charge in [-0.05, 0) is 59.7 Å². The van der Waals surface area contributed by atoms with E-state index in [-0.39, 0.29) is 5.56 Å². The van der Waals surface area contributed by atoms with Gasteiger partial charge in [-0.15, -0.1) is 11.3 Å². The van der Waals surface area contributed by atoms with Crippen LogP contribution in [0.5, 0.6) is 0 Å². The zero-order chi connectivity index (χ0) is 19.3. The summed E-state index contributed by atoms with van der Waals surface area (Å²) < 4.78 is 4.23. The van der Waals surface area contributed by atoms with Gasteiger partial charge < -0.3 is 0 Å². The van der Waals surface area contributed by atoms with Gasteiger partial charge in [-0.2, -0.15) is 0 Å². The Morgan fingerprint density at radius 1 is 0.793 bits per heavy atom. The molecular weight excluding hydrogens is 376 g/mol. The maximum atomic E-state index is 13.5. The highest BCUT2D eigenvalue weighted by molar-refractivity contribution is 7.25. The zero-order valence-electron chi connectivity index (χ0n) is 15.6. The highest BCUT2D eigenvalue weighted by Gasteiger charge is 2.19. The first kappa shape index (κ1) is 15.4. The molecule has 0 aliphatic rings. The molecule has 0 saturated carbocycles. The third kappa shape index (κ3) is 1.82. The molecule has 136 valence electrons. The third-order valence-corrected chi connectivity index (χ3v) is 7.14. The van der Waals surface area contributed by atoms with Crippen LogP contribution in [0.2, 0.25) is 0 Å². The number of aromatic nitrogens is 2. The second kappa shape index (κ2) is 5.10. The molecule has 7 rings (SSSR count). The summed E-state index contributed by atoms with van der Waals surface area (Å²) in [5.41, 5.74) is 3.63. The summed E-state index contributed by atoms with van der Waals surface area (Å²) in [5, 5.41) is 6.43. The Morgan fingerprint density at radius 2 is 1.62 bits per heavy atom. The van der Waals surface area contributed by atoms with Crippen LogP contribution < -0.4 is 5.56 Å². The van der Waals surface area contributed by atoms with Gasteiger partial charge in [0, 0.05) is 30.9 Å². The third-order valence-electron chi connectivity index (χ3n) is 6.00. The van der Waals surface area contributed by atoms with E-state index in [1.54, 1.807) is 15.7 Å². The van der Waals surface area contributed by atoms with Crippen LogP contribution in [-0.2, 0) is 0 Å². The van der Waals surface area contributed by atoms with Gasteiger partial charge in [0.2, 0.25) is 0 Å². The van der Waals surface area contributed by atoms with E-state index in [0.29, 0.717) is 0 Å². The van der Waals surface area contributed by atoms with Crippen LogP contribution in [0.15, 0.2) is 71.5 Å². The molecule has 0 radical (unpaired) electrons. The molecule has 0 unspecified atom stereocenters. The Morgan fingerprint density at radius 3 is 2.55 bits per heavy atom. The molecule has 0 atom stereocenters. The smallest absolute Gasteiger partial charge is 0.264 e. The minimum absolute atomic E-state index is 0.00594. The first-order valence-corrected chi connectivity index (χ1v) is 10.4. The van der Waals surface area contributed by atoms with Crippen molar-refractivity contribution in [3.05, 3.63) is 82.6 Å². The highest BCUT2D eigenvalue weighted by Crippen LogP contribution is 2.41. The lowest BCUT2D eigenvalue weighted by molar-refractivity contribution is 1.19. The van der Waals surface area contributed by atoms with Crippen molar-refractivity contribution in [1.29, 1.82) is 0 Å². The molecule has 0 fully saturated rings. The second-order valence-electron chi connectivity index (χ2n) is 7.69. The van der Waals surface area contributed by atoms with Crippen molar-refractivity contribution in [1.82, 2.24) is 9.38 Å². The van der Waals surface area contributed by atoms with Gasteiger partial charge in [0.15, 0.2) is 0 Å². The molecule has 0 spiro atoms. The van der Waals surface area contributed by atoms with Crippen LogP contribution in [0.3, 0.4) is 0 Å². The number of nitrogens with zero attached hydrogens (tertiary/aromatic N) is 2. The van der Waals surface area contributed by atoms with Crippen LogP contribution in [0.4, 0.5) is 0 Å². The Balaban J connectivity index is 1.84. The summed E-state index contributed by atoms with van der Waals surface area (Å²) >= 11 is 1.78. The number of aryl methyl sites for hydroxylation is 1. The van der Waals surface area contributed by atoms with Crippen molar-refractivity contribution in [2.24, 2.45) is 0 Å². The molecule has 0 N–H and O–H groups in total. The number of fused-ring (bicyclic) bond motifs is 6. The summed E-state index contributed by atoms with van der Waals surface area (Å²) in [7, 11) is 0. The molecule has 0 bridgehead atoms. The molecule has 4 aromatic carbocycles. The van der Waals surface area contributed by atoms with E-state index in [9.17, 15) is 4.79 Å². The van der Waals surface area contributed by atoms with Crippen molar-refractivity contribution >= 4 is 69.7 Å². The Labute approximate surface area is 168 Å². The van der Waals surface area contributed by atoms with Gasteiger partial charge in [0.05, 0.1) is 11.0 Å². The van der Waals surface area contributed by atoms with Crippen LogP contribution in [0.25, 0.3) is 58.4 Å². The maximum Gasteiger partial charge on any atom is 0.264 e. The molecule has 0 aliphatic carbocycles. The van der Waals surface area contributed by atoms with Crippen LogP contribution in [0.1, 0.15) is 5.56 Å². The summed E-state index contributed by atoms with van der Waals surface area (Å²) in [6, 6.07) is 23.0. The van der Waals surface area contributed by atoms with Crippen LogP contribution in [0, 0.1) is 6.92 Å². The van der Waals surface area contributed by atoms with Gasteiger partial charge in [-0.1, -0.05) is 30.3 Å². The van der Waals surface area contributed by atoms with Gasteiger partial charge in [-0.3, -0.25) is 9.20 Å². The SMILES string of the molecule is Cc1ccc2c(c1)nc1c3ccc4sc5ccccc5c5ccc(c(=O)n21)c3c45. The lowest BCUT2D eigenvalue weighted by atomic mass is 9.98. The fraction of sp³-hybridized carbons (Fsp3) is 0.0400. The average Bonchev–Trinajstić information content (AvgIpc) is 3.12. The fourth-order valence-electron chi connectivity index (χ4n) is 4.73. The Kier molecular flexibility index (Phi) is 2.71. The minimum atomic E-state index is 0.00594. The molecule has 0 saturated heterocycles. The molecule has 3 aromatic heterocycles. The lowest BCUT2D eigenvalue weighted by Crippen LogP contribution is -2.13. The average molecular weight is 390 g/mol. The van der Waals surface area contributed by atoms with Crippen molar-refractivity contribution in [2.45, 2.75) is 6.92 Å². The van der Waals surface area contributed by atoms with Gasteiger partial charge in [-0.25, -0.2) is 4.98 Å². The molecule has 3 nitrogen and oxygen atoms in total. The van der Waals surface area contributed by atoms with Crippen LogP contribution >= 0.6 is 11.3 Å². The maximum absolute atomic E-state index is 13.5. The molecule has 4 heteroatoms. The highest BCUT2D eigenvalue weighted by atomic mass is 32.1. The molecular formula is C25H14N2OS. The Hall–Kier alpha value is -3.50. The number of imidazole rings is 1. The van der Waals surface area contributed by atoms with E-state index in [1.807, 2.05) is 31.2 Å². The van der Waals surface area contributed by atoms with E-state index in [2.05, 4.69) is 42.5 Å². The van der Waals surface area contributed by atoms with Gasteiger partial charge in [0.1, 0.15) is 5.65 Å². The zero-order valence-corrected chi connectivity index (χ0v) is 16.4. The summed E-state index contributed by atoms with van der Waals surface area (Å²) in [6.07, 6.45) is 0. The van der Waals surface area contributed by atoms with Crippen molar-refractivity contribution in [2.75, 3.05) is 0 Å². The number of pyridine rings is 1. The minimum Gasteiger partial charge on any atom is -0.268 e. The monoisotopic (exact) mass is 390 g/mol. The predicted octanol–water partition coefficient (Wildman–Crippen LogP) is 6.27. The van der Waals surface area contributed by atoms with Gasteiger partial charge >= 0.3 is 0 Å². The quantitative estimate of drug-likeness (QED) is 0.226. The van der Waals surface area contributed by atoms with Crippen LogP contribution in [-0.4, -0.2) is 9.38 Å². The number of rotatable bonds is 0. The van der Waals surface area contributed by atoms with Crippen molar-refractivity contribution < 1.29 is 0 Å². The topological polar surface area (TPSA) is 34.4 Å². The largest absolute Gasteiger partial charge is 0.268 e. The Bertz CT molecular complexity index is 1840. The van der Waals surface area contributed by atoms with E-state index in [0.717, 1.165) is 38.4 Å². The second-order valence-corrected chi connectivity index (χ2v) is 8.77. The number of hydrogen-bond donors (Lipinski definition) is 0. The fourth-order valence-corrected chi connectivity index (χ4v) is 5.85. The van der Waals surface area contributed by atoms with Gasteiger partial charge in [0.25, 0.3) is 5.56 Å². The molecule has 0 aliphatic heterocycles. The van der Waals surface area contributed by atoms with Crippen molar-refractivity contribution in [3.8, 4) is 0 Å². The standard InChI is InChI=1S/C25H14N2OS/c1-13-6-10-19-18(12-13)26-24-16-9-11-21-23-15(14-4-2-3-5-20(14)29-21)7-8-17(22(16)23)25(28)27(19)24/h2-12H,1H3. The predicted molar refractivity (Wildman–Crippen MR) is 123 cm³/mol. The molecule has 7 aromatic rings. The molecule has 29 heavy (non-hydrogen) atoms. The summed E-state index contributed by atoms with van der Waals surface area (Å²) in [5.74, 6) is 0. The van der Waals surface area contributed by atoms with E-state index in [1.165, 1.54) is 25.6 Å². The summed E-state index contributed by atoms with van der Waals surface area (Å²) in [6.45, 7) is 2.05. The lowest BCUT2D eigenvalue weighted by Gasteiger charge is -2.13. The number of benzene rings is 4. The first-order chi connectivity index (χ1) is 14.2. The normalized spacial score (nSPS) is 12.4. The van der Waals surface area contributed by atoms with E-state index < -0.39 is 0 Å². The first-order valence-electron chi connectivity index (χ1n) is 9.62. The van der Waals surface area contributed by atoms with E-state index in [4.69, 9.17) is 4.98 Å². The molecule has 0 amide bonds. The van der Waals surface area contributed by atoms with Crippen molar-refractivity contribution in [3.63, 3.8) is 0 Å².